The average molecular weight is 406 g/mol. The Morgan fingerprint density at radius 3 is 2.26 bits per heavy atom. The standard InChI is InChI=1S/C20H21Cl2N3O2/c1-13-3-5-16(17(21)11-13)20(27)23-15-4-6-19(18(22)12-15)25-9-7-24(8-10-25)14(2)26/h3-6,11-12H,7-10H2,1-2H3,(H,23,27). The van der Waals surface area contributed by atoms with Crippen molar-refractivity contribution in [1.29, 1.82) is 0 Å². The van der Waals surface area contributed by atoms with Gasteiger partial charge in [0.05, 0.1) is 21.3 Å². The molecule has 2 aromatic carbocycles. The number of hydrogen-bond acceptors (Lipinski definition) is 3. The Kier molecular flexibility index (Phi) is 5.92. The summed E-state index contributed by atoms with van der Waals surface area (Å²) in [7, 11) is 0. The topological polar surface area (TPSA) is 52.7 Å². The number of hydrogen-bond donors (Lipinski definition) is 1. The number of rotatable bonds is 3. The molecular formula is C20H21Cl2N3O2. The fourth-order valence-electron chi connectivity index (χ4n) is 3.11. The first kappa shape index (κ1) is 19.5. The molecule has 1 N–H and O–H groups in total. The molecule has 1 heterocycles. The van der Waals surface area contributed by atoms with Crippen molar-refractivity contribution in [2.75, 3.05) is 36.4 Å². The molecule has 142 valence electrons. The van der Waals surface area contributed by atoms with E-state index in [9.17, 15) is 9.59 Å². The molecule has 0 atom stereocenters. The van der Waals surface area contributed by atoms with Crippen LogP contribution < -0.4 is 10.2 Å². The minimum atomic E-state index is -0.279. The lowest BCUT2D eigenvalue weighted by atomic mass is 10.1. The van der Waals surface area contributed by atoms with E-state index < -0.39 is 0 Å². The predicted octanol–water partition coefficient (Wildman–Crippen LogP) is 4.22. The van der Waals surface area contributed by atoms with E-state index in [2.05, 4.69) is 10.2 Å². The average Bonchev–Trinajstić information content (AvgIpc) is 2.62. The van der Waals surface area contributed by atoms with Gasteiger partial charge in [-0.3, -0.25) is 9.59 Å². The summed E-state index contributed by atoms with van der Waals surface area (Å²) in [5.41, 5.74) is 2.91. The van der Waals surface area contributed by atoms with Crippen molar-refractivity contribution in [3.05, 3.63) is 57.6 Å². The zero-order valence-electron chi connectivity index (χ0n) is 15.3. The van der Waals surface area contributed by atoms with Gasteiger partial charge < -0.3 is 15.1 Å². The summed E-state index contributed by atoms with van der Waals surface area (Å²) in [5, 5.41) is 3.80. The first-order valence-corrected chi connectivity index (χ1v) is 9.48. The Balaban J connectivity index is 1.70. The number of nitrogens with one attached hydrogen (secondary N) is 1. The van der Waals surface area contributed by atoms with Gasteiger partial charge in [0.15, 0.2) is 0 Å². The maximum Gasteiger partial charge on any atom is 0.257 e. The highest BCUT2D eigenvalue weighted by molar-refractivity contribution is 6.35. The highest BCUT2D eigenvalue weighted by Gasteiger charge is 2.20. The van der Waals surface area contributed by atoms with E-state index >= 15 is 0 Å². The molecule has 2 amide bonds. The molecular weight excluding hydrogens is 385 g/mol. The van der Waals surface area contributed by atoms with Crippen LogP contribution in [-0.4, -0.2) is 42.9 Å². The number of piperazine rings is 1. The van der Waals surface area contributed by atoms with Crippen LogP contribution in [0.1, 0.15) is 22.8 Å². The number of carbonyl (C=O) groups excluding carboxylic acids is 2. The largest absolute Gasteiger partial charge is 0.367 e. The van der Waals surface area contributed by atoms with Gasteiger partial charge in [-0.1, -0.05) is 29.3 Å². The molecule has 7 heteroatoms. The second-order valence-corrected chi connectivity index (χ2v) is 7.41. The van der Waals surface area contributed by atoms with E-state index in [4.69, 9.17) is 23.2 Å². The molecule has 2 aromatic rings. The minimum absolute atomic E-state index is 0.0913. The third kappa shape index (κ3) is 4.54. The first-order valence-electron chi connectivity index (χ1n) is 8.72. The fraction of sp³-hybridized carbons (Fsp3) is 0.300. The molecule has 0 bridgehead atoms. The van der Waals surface area contributed by atoms with Crippen LogP contribution in [-0.2, 0) is 4.79 Å². The van der Waals surface area contributed by atoms with Gasteiger partial charge in [0.2, 0.25) is 5.91 Å². The number of nitrogens with zero attached hydrogens (tertiary/aromatic N) is 2. The van der Waals surface area contributed by atoms with E-state index in [1.165, 1.54) is 0 Å². The van der Waals surface area contributed by atoms with Crippen molar-refractivity contribution in [2.24, 2.45) is 0 Å². The number of carbonyl (C=O) groups is 2. The van der Waals surface area contributed by atoms with E-state index in [1.807, 2.05) is 30.0 Å². The van der Waals surface area contributed by atoms with Crippen molar-refractivity contribution >= 4 is 46.4 Å². The number of halogens is 2. The van der Waals surface area contributed by atoms with E-state index in [0.29, 0.717) is 34.4 Å². The van der Waals surface area contributed by atoms with E-state index in [1.54, 1.807) is 25.1 Å². The molecule has 0 spiro atoms. The summed E-state index contributed by atoms with van der Waals surface area (Å²) in [6.07, 6.45) is 0. The molecule has 0 aromatic heterocycles. The first-order chi connectivity index (χ1) is 12.8. The second-order valence-electron chi connectivity index (χ2n) is 6.60. The maximum atomic E-state index is 12.5. The third-order valence-corrected chi connectivity index (χ3v) is 5.26. The number of benzene rings is 2. The Labute approximate surface area is 168 Å². The van der Waals surface area contributed by atoms with Crippen LogP contribution in [0.15, 0.2) is 36.4 Å². The quantitative estimate of drug-likeness (QED) is 0.831. The molecule has 1 fully saturated rings. The highest BCUT2D eigenvalue weighted by Crippen LogP contribution is 2.30. The normalized spacial score (nSPS) is 14.2. The van der Waals surface area contributed by atoms with Gasteiger partial charge >= 0.3 is 0 Å². The molecule has 5 nitrogen and oxygen atoms in total. The maximum absolute atomic E-state index is 12.5. The van der Waals surface area contributed by atoms with Gasteiger partial charge in [0.1, 0.15) is 0 Å². The van der Waals surface area contributed by atoms with Crippen LogP contribution in [0.25, 0.3) is 0 Å². The monoisotopic (exact) mass is 405 g/mol. The molecule has 1 aliphatic rings. The third-order valence-electron chi connectivity index (χ3n) is 4.64. The van der Waals surface area contributed by atoms with Crippen LogP contribution in [0, 0.1) is 6.92 Å². The van der Waals surface area contributed by atoms with Gasteiger partial charge in [0, 0.05) is 38.8 Å². The lowest BCUT2D eigenvalue weighted by molar-refractivity contribution is -0.129. The molecule has 0 unspecified atom stereocenters. The summed E-state index contributed by atoms with van der Waals surface area (Å²) in [6, 6.07) is 10.7. The van der Waals surface area contributed by atoms with Crippen molar-refractivity contribution in [3.8, 4) is 0 Å². The molecule has 0 aliphatic carbocycles. The van der Waals surface area contributed by atoms with Crippen LogP contribution in [0.4, 0.5) is 11.4 Å². The summed E-state index contributed by atoms with van der Waals surface area (Å²) < 4.78 is 0. The van der Waals surface area contributed by atoms with Crippen LogP contribution in [0.2, 0.25) is 10.0 Å². The van der Waals surface area contributed by atoms with Crippen LogP contribution >= 0.6 is 23.2 Å². The number of amides is 2. The second kappa shape index (κ2) is 8.19. The molecule has 0 saturated carbocycles. The predicted molar refractivity (Wildman–Crippen MR) is 110 cm³/mol. The van der Waals surface area contributed by atoms with Gasteiger partial charge in [-0.25, -0.2) is 0 Å². The fourth-order valence-corrected chi connectivity index (χ4v) is 3.73. The van der Waals surface area contributed by atoms with Gasteiger partial charge in [0.25, 0.3) is 5.91 Å². The van der Waals surface area contributed by atoms with Crippen LogP contribution in [0.5, 0.6) is 0 Å². The minimum Gasteiger partial charge on any atom is -0.367 e. The lowest BCUT2D eigenvalue weighted by Crippen LogP contribution is -2.48. The Hall–Kier alpha value is -2.24. The zero-order chi connectivity index (χ0) is 19.6. The highest BCUT2D eigenvalue weighted by atomic mass is 35.5. The number of anilines is 2. The summed E-state index contributed by atoms with van der Waals surface area (Å²) in [5.74, 6) is -0.188. The summed E-state index contributed by atoms with van der Waals surface area (Å²) >= 11 is 12.6. The SMILES string of the molecule is CC(=O)N1CCN(c2ccc(NC(=O)c3ccc(C)cc3Cl)cc2Cl)CC1. The van der Waals surface area contributed by atoms with Crippen molar-refractivity contribution in [3.63, 3.8) is 0 Å². The van der Waals surface area contributed by atoms with Gasteiger partial charge in [-0.05, 0) is 42.8 Å². The van der Waals surface area contributed by atoms with Crippen molar-refractivity contribution in [1.82, 2.24) is 4.90 Å². The smallest absolute Gasteiger partial charge is 0.257 e. The molecule has 3 rings (SSSR count). The molecule has 0 radical (unpaired) electrons. The molecule has 1 saturated heterocycles. The Morgan fingerprint density at radius 2 is 1.67 bits per heavy atom. The Bertz CT molecular complexity index is 878. The summed E-state index contributed by atoms with van der Waals surface area (Å²) in [6.45, 7) is 6.31. The van der Waals surface area contributed by atoms with E-state index in [-0.39, 0.29) is 11.8 Å². The van der Waals surface area contributed by atoms with Gasteiger partial charge in [-0.2, -0.15) is 0 Å². The number of aryl methyl sites for hydroxylation is 1. The van der Waals surface area contributed by atoms with Crippen molar-refractivity contribution < 1.29 is 9.59 Å². The molecule has 1 aliphatic heterocycles. The van der Waals surface area contributed by atoms with Crippen molar-refractivity contribution in [2.45, 2.75) is 13.8 Å². The van der Waals surface area contributed by atoms with Crippen LogP contribution in [0.3, 0.4) is 0 Å². The molecule has 27 heavy (non-hydrogen) atoms. The summed E-state index contributed by atoms with van der Waals surface area (Å²) in [4.78, 5) is 27.9. The zero-order valence-corrected chi connectivity index (χ0v) is 16.8. The van der Waals surface area contributed by atoms with Gasteiger partial charge in [-0.15, -0.1) is 0 Å². The Morgan fingerprint density at radius 1 is 0.963 bits per heavy atom. The lowest BCUT2D eigenvalue weighted by Gasteiger charge is -2.36. The van der Waals surface area contributed by atoms with E-state index in [0.717, 1.165) is 24.3 Å².